The Labute approximate surface area is 137 Å². The van der Waals surface area contributed by atoms with E-state index in [2.05, 4.69) is 14.8 Å². The normalized spacial score (nSPS) is 11.0. The molecule has 7 nitrogen and oxygen atoms in total. The van der Waals surface area contributed by atoms with Gasteiger partial charge in [0, 0.05) is 30.6 Å². The second kappa shape index (κ2) is 8.92. The van der Waals surface area contributed by atoms with Gasteiger partial charge in [0.1, 0.15) is 0 Å². The highest BCUT2D eigenvalue weighted by atomic mass is 19.4. The summed E-state index contributed by atoms with van der Waals surface area (Å²) in [5, 5.41) is 11.2. The van der Waals surface area contributed by atoms with Gasteiger partial charge in [0.05, 0.1) is 12.7 Å². The van der Waals surface area contributed by atoms with Crippen molar-refractivity contribution in [2.24, 2.45) is 5.73 Å². The number of carbonyl (C=O) groups is 1. The minimum atomic E-state index is -5.08. The third kappa shape index (κ3) is 7.56. The Morgan fingerprint density at radius 2 is 1.92 bits per heavy atom. The molecule has 0 radical (unpaired) electrons. The van der Waals surface area contributed by atoms with Crippen LogP contribution in [0.2, 0.25) is 0 Å². The van der Waals surface area contributed by atoms with E-state index in [-0.39, 0.29) is 5.88 Å². The van der Waals surface area contributed by atoms with Crippen LogP contribution in [-0.2, 0) is 17.9 Å². The molecule has 0 bridgehead atoms. The van der Waals surface area contributed by atoms with Gasteiger partial charge >= 0.3 is 18.8 Å². The van der Waals surface area contributed by atoms with E-state index in [1.165, 1.54) is 12.3 Å². The molecule has 2 heterocycles. The van der Waals surface area contributed by atoms with Crippen molar-refractivity contribution in [1.29, 1.82) is 0 Å². The molecule has 2 aromatic rings. The molecule has 2 rings (SSSR count). The lowest BCUT2D eigenvalue weighted by atomic mass is 10.3. The number of ether oxygens (including phenoxy) is 1. The van der Waals surface area contributed by atoms with Gasteiger partial charge in [-0.3, -0.25) is 4.68 Å². The zero-order chi connectivity index (χ0) is 19.0. The first-order chi connectivity index (χ1) is 11.6. The Morgan fingerprint density at radius 3 is 2.32 bits per heavy atom. The third-order valence-corrected chi connectivity index (χ3v) is 2.52. The van der Waals surface area contributed by atoms with Crippen molar-refractivity contribution < 1.29 is 36.6 Å². The van der Waals surface area contributed by atoms with Crippen molar-refractivity contribution in [1.82, 2.24) is 14.8 Å². The average molecular weight is 368 g/mol. The van der Waals surface area contributed by atoms with Crippen molar-refractivity contribution in [2.75, 3.05) is 0 Å². The molecule has 25 heavy (non-hydrogen) atoms. The monoisotopic (exact) mass is 368 g/mol. The summed E-state index contributed by atoms with van der Waals surface area (Å²) in [5.41, 5.74) is 7.24. The van der Waals surface area contributed by atoms with Crippen LogP contribution in [0.4, 0.5) is 22.0 Å². The molecule has 138 valence electrons. The van der Waals surface area contributed by atoms with Gasteiger partial charge in [0.15, 0.2) is 0 Å². The number of pyridine rings is 1. The highest BCUT2D eigenvalue weighted by molar-refractivity contribution is 5.73. The molecule has 0 aromatic carbocycles. The summed E-state index contributed by atoms with van der Waals surface area (Å²) in [4.78, 5) is 12.7. The Balaban J connectivity index is 0.000000381. The van der Waals surface area contributed by atoms with Gasteiger partial charge in [-0.1, -0.05) is 6.07 Å². The van der Waals surface area contributed by atoms with E-state index in [0.29, 0.717) is 13.1 Å². The fourth-order valence-electron chi connectivity index (χ4n) is 1.45. The van der Waals surface area contributed by atoms with Crippen LogP contribution in [0, 0.1) is 0 Å². The van der Waals surface area contributed by atoms with Gasteiger partial charge in [0.25, 0.3) is 0 Å². The Kier molecular flexibility index (Phi) is 7.23. The van der Waals surface area contributed by atoms with Crippen molar-refractivity contribution in [3.63, 3.8) is 0 Å². The number of aromatic nitrogens is 3. The Bertz CT molecular complexity index is 673. The van der Waals surface area contributed by atoms with Crippen molar-refractivity contribution in [3.8, 4) is 5.88 Å². The number of aliphatic carboxylic acids is 1. The fraction of sp³-hybridized carbons (Fsp3) is 0.308. The standard InChI is InChI=1S/C11H12F2N4O.C2HF3O2/c12-11(13)18-10-2-1-8(4-15-10)6-17-7-9(3-14)5-16-17;3-2(4,5)1(6)7/h1-2,4-5,7,11H,3,6,14H2;(H,6,7). The second-order valence-electron chi connectivity index (χ2n) is 4.44. The number of alkyl halides is 5. The molecular formula is C13H13F5N4O3. The summed E-state index contributed by atoms with van der Waals surface area (Å²) in [5.74, 6) is -2.86. The number of hydrogen-bond acceptors (Lipinski definition) is 5. The van der Waals surface area contributed by atoms with Crippen LogP contribution in [0.15, 0.2) is 30.7 Å². The summed E-state index contributed by atoms with van der Waals surface area (Å²) < 4.78 is 61.4. The lowest BCUT2D eigenvalue weighted by Gasteiger charge is -2.04. The van der Waals surface area contributed by atoms with Crippen LogP contribution in [0.3, 0.4) is 0 Å². The van der Waals surface area contributed by atoms with Gasteiger partial charge in [-0.2, -0.15) is 27.1 Å². The van der Waals surface area contributed by atoms with Gasteiger partial charge in [-0.05, 0) is 5.56 Å². The summed E-state index contributed by atoms with van der Waals surface area (Å²) in [6, 6.07) is 3.06. The number of nitrogens with zero attached hydrogens (tertiary/aromatic N) is 3. The molecule has 0 aliphatic rings. The molecule has 0 saturated heterocycles. The summed E-state index contributed by atoms with van der Waals surface area (Å²) in [7, 11) is 0. The Morgan fingerprint density at radius 1 is 1.28 bits per heavy atom. The maximum atomic E-state index is 11.9. The highest BCUT2D eigenvalue weighted by Crippen LogP contribution is 2.13. The predicted molar refractivity (Wildman–Crippen MR) is 73.8 cm³/mol. The minimum absolute atomic E-state index is 0.100. The largest absolute Gasteiger partial charge is 0.490 e. The Hall–Kier alpha value is -2.76. The number of carboxylic acids is 1. The number of hydrogen-bond donors (Lipinski definition) is 2. The molecule has 3 N–H and O–H groups in total. The van der Waals surface area contributed by atoms with E-state index >= 15 is 0 Å². The van der Waals surface area contributed by atoms with Crippen LogP contribution in [-0.4, -0.2) is 38.6 Å². The maximum Gasteiger partial charge on any atom is 0.490 e. The van der Waals surface area contributed by atoms with E-state index < -0.39 is 18.8 Å². The van der Waals surface area contributed by atoms with Crippen LogP contribution >= 0.6 is 0 Å². The van der Waals surface area contributed by atoms with Gasteiger partial charge in [-0.25, -0.2) is 9.78 Å². The molecule has 0 saturated carbocycles. The quantitative estimate of drug-likeness (QED) is 0.783. The van der Waals surface area contributed by atoms with Crippen LogP contribution in [0.5, 0.6) is 5.88 Å². The number of halogens is 5. The number of carboxylic acid groups (broad SMARTS) is 1. The van der Waals surface area contributed by atoms with E-state index in [1.54, 1.807) is 16.9 Å². The van der Waals surface area contributed by atoms with E-state index in [9.17, 15) is 22.0 Å². The first-order valence-corrected chi connectivity index (χ1v) is 6.53. The summed E-state index contributed by atoms with van der Waals surface area (Å²) in [6.45, 7) is -1.93. The number of rotatable bonds is 5. The van der Waals surface area contributed by atoms with Crippen LogP contribution in [0.1, 0.15) is 11.1 Å². The molecule has 0 atom stereocenters. The predicted octanol–water partition coefficient (Wildman–Crippen LogP) is 2.02. The van der Waals surface area contributed by atoms with Gasteiger partial charge in [0.2, 0.25) is 5.88 Å². The topological polar surface area (TPSA) is 103 Å². The summed E-state index contributed by atoms with van der Waals surface area (Å²) in [6.07, 6.45) is -0.104. The lowest BCUT2D eigenvalue weighted by Crippen LogP contribution is -2.21. The van der Waals surface area contributed by atoms with Crippen molar-refractivity contribution in [3.05, 3.63) is 41.9 Å². The van der Waals surface area contributed by atoms with E-state index in [1.807, 2.05) is 6.20 Å². The van der Waals surface area contributed by atoms with Crippen LogP contribution < -0.4 is 10.5 Å². The minimum Gasteiger partial charge on any atom is -0.475 e. The molecule has 0 unspecified atom stereocenters. The number of nitrogens with two attached hydrogens (primary N) is 1. The second-order valence-corrected chi connectivity index (χ2v) is 4.44. The van der Waals surface area contributed by atoms with E-state index in [0.717, 1.165) is 11.1 Å². The van der Waals surface area contributed by atoms with Crippen LogP contribution in [0.25, 0.3) is 0 Å². The molecule has 0 aliphatic carbocycles. The summed E-state index contributed by atoms with van der Waals surface area (Å²) >= 11 is 0. The maximum absolute atomic E-state index is 11.9. The smallest absolute Gasteiger partial charge is 0.475 e. The molecule has 0 amide bonds. The first kappa shape index (κ1) is 20.3. The first-order valence-electron chi connectivity index (χ1n) is 6.53. The highest BCUT2D eigenvalue weighted by Gasteiger charge is 2.38. The molecular weight excluding hydrogens is 355 g/mol. The zero-order valence-electron chi connectivity index (χ0n) is 12.5. The molecule has 12 heteroatoms. The fourth-order valence-corrected chi connectivity index (χ4v) is 1.45. The van der Waals surface area contributed by atoms with Gasteiger partial charge in [-0.15, -0.1) is 0 Å². The lowest BCUT2D eigenvalue weighted by molar-refractivity contribution is -0.192. The molecule has 0 fully saturated rings. The molecule has 0 spiro atoms. The van der Waals surface area contributed by atoms with Gasteiger partial charge < -0.3 is 15.6 Å². The van der Waals surface area contributed by atoms with Crippen molar-refractivity contribution >= 4 is 5.97 Å². The molecule has 0 aliphatic heterocycles. The van der Waals surface area contributed by atoms with Crippen molar-refractivity contribution in [2.45, 2.75) is 25.9 Å². The van der Waals surface area contributed by atoms with E-state index in [4.69, 9.17) is 15.6 Å². The SMILES string of the molecule is NCc1cnn(Cc2ccc(OC(F)F)nc2)c1.O=C(O)C(F)(F)F. The third-order valence-electron chi connectivity index (χ3n) is 2.52. The average Bonchev–Trinajstić information content (AvgIpc) is 2.96. The zero-order valence-corrected chi connectivity index (χ0v) is 12.5. The molecule has 2 aromatic heterocycles.